The molecule has 0 fully saturated rings. The van der Waals surface area contributed by atoms with Gasteiger partial charge in [0, 0.05) is 6.04 Å². The number of carbonyl (C=O) groups excluding carboxylic acids is 1. The van der Waals surface area contributed by atoms with Gasteiger partial charge in [0.1, 0.15) is 5.75 Å². The number of hydrogen-bond acceptors (Lipinski definition) is 3. The van der Waals surface area contributed by atoms with Gasteiger partial charge in [0.05, 0.1) is 0 Å². The molecule has 1 amide bonds. The van der Waals surface area contributed by atoms with E-state index >= 15 is 0 Å². The molecule has 0 radical (unpaired) electrons. The van der Waals surface area contributed by atoms with Gasteiger partial charge in [0.2, 0.25) is 0 Å². The standard InChI is InChI=1S/C13H20N2O2/c1-3-7-15-10(2)11-5-4-6-12(8-11)17-9-13(14)16/h4-6,8,10,15H,3,7,9H2,1-2H3,(H2,14,16). The summed E-state index contributed by atoms with van der Waals surface area (Å²) in [5.74, 6) is 0.207. The third-order valence-electron chi connectivity index (χ3n) is 2.44. The van der Waals surface area contributed by atoms with Crippen LogP contribution in [0.3, 0.4) is 0 Å². The van der Waals surface area contributed by atoms with Crippen LogP contribution in [0.4, 0.5) is 0 Å². The zero-order valence-corrected chi connectivity index (χ0v) is 10.4. The lowest BCUT2D eigenvalue weighted by atomic mass is 10.1. The van der Waals surface area contributed by atoms with Gasteiger partial charge in [0.25, 0.3) is 5.91 Å². The van der Waals surface area contributed by atoms with Gasteiger partial charge in [-0.2, -0.15) is 0 Å². The molecular formula is C13H20N2O2. The summed E-state index contributed by atoms with van der Waals surface area (Å²) in [7, 11) is 0. The number of primary amides is 1. The third-order valence-corrected chi connectivity index (χ3v) is 2.44. The van der Waals surface area contributed by atoms with Crippen LogP contribution in [0.25, 0.3) is 0 Å². The summed E-state index contributed by atoms with van der Waals surface area (Å²) in [6, 6.07) is 7.96. The maximum absolute atomic E-state index is 10.6. The molecule has 3 N–H and O–H groups in total. The molecule has 0 aromatic heterocycles. The molecule has 0 heterocycles. The van der Waals surface area contributed by atoms with Gasteiger partial charge in [-0.05, 0) is 37.6 Å². The molecule has 0 aliphatic rings. The molecule has 1 atom stereocenters. The van der Waals surface area contributed by atoms with Crippen molar-refractivity contribution in [2.45, 2.75) is 26.3 Å². The summed E-state index contributed by atoms with van der Waals surface area (Å²) in [5, 5.41) is 3.39. The van der Waals surface area contributed by atoms with Gasteiger partial charge in [-0.3, -0.25) is 4.79 Å². The quantitative estimate of drug-likeness (QED) is 0.756. The molecule has 0 saturated carbocycles. The zero-order chi connectivity index (χ0) is 12.7. The van der Waals surface area contributed by atoms with E-state index in [1.807, 2.05) is 24.3 Å². The van der Waals surface area contributed by atoms with Crippen molar-refractivity contribution in [2.75, 3.05) is 13.2 Å². The van der Waals surface area contributed by atoms with Crippen molar-refractivity contribution in [3.8, 4) is 5.75 Å². The van der Waals surface area contributed by atoms with E-state index in [2.05, 4.69) is 19.2 Å². The number of nitrogens with two attached hydrogens (primary N) is 1. The minimum Gasteiger partial charge on any atom is -0.484 e. The fraction of sp³-hybridized carbons (Fsp3) is 0.462. The first-order chi connectivity index (χ1) is 8.13. The molecule has 0 saturated heterocycles. The van der Waals surface area contributed by atoms with Crippen LogP contribution < -0.4 is 15.8 Å². The fourth-order valence-corrected chi connectivity index (χ4v) is 1.51. The Balaban J connectivity index is 2.61. The van der Waals surface area contributed by atoms with E-state index in [9.17, 15) is 4.79 Å². The average Bonchev–Trinajstić information content (AvgIpc) is 2.33. The highest BCUT2D eigenvalue weighted by Crippen LogP contribution is 2.18. The maximum atomic E-state index is 10.6. The largest absolute Gasteiger partial charge is 0.484 e. The lowest BCUT2D eigenvalue weighted by Crippen LogP contribution is -2.21. The first-order valence-corrected chi connectivity index (χ1v) is 5.88. The molecule has 17 heavy (non-hydrogen) atoms. The molecule has 1 aromatic rings. The van der Waals surface area contributed by atoms with Crippen LogP contribution in [-0.4, -0.2) is 19.1 Å². The minimum atomic E-state index is -0.465. The second-order valence-corrected chi connectivity index (χ2v) is 4.00. The van der Waals surface area contributed by atoms with Crippen LogP contribution in [0.1, 0.15) is 31.9 Å². The second kappa shape index (κ2) is 6.91. The Hall–Kier alpha value is -1.55. The summed E-state index contributed by atoms with van der Waals surface area (Å²) < 4.78 is 5.26. The molecule has 94 valence electrons. The van der Waals surface area contributed by atoms with Crippen LogP contribution in [0.5, 0.6) is 5.75 Å². The highest BCUT2D eigenvalue weighted by molar-refractivity contribution is 5.75. The Morgan fingerprint density at radius 3 is 2.94 bits per heavy atom. The first kappa shape index (κ1) is 13.5. The van der Waals surface area contributed by atoms with Crippen LogP contribution in [0, 0.1) is 0 Å². The second-order valence-electron chi connectivity index (χ2n) is 4.00. The van der Waals surface area contributed by atoms with E-state index in [4.69, 9.17) is 10.5 Å². The fourth-order valence-electron chi connectivity index (χ4n) is 1.51. The van der Waals surface area contributed by atoms with Crippen LogP contribution in [0.2, 0.25) is 0 Å². The zero-order valence-electron chi connectivity index (χ0n) is 10.4. The van der Waals surface area contributed by atoms with Crippen molar-refractivity contribution in [1.29, 1.82) is 0 Å². The van der Waals surface area contributed by atoms with Crippen molar-refractivity contribution in [2.24, 2.45) is 5.73 Å². The monoisotopic (exact) mass is 236 g/mol. The summed E-state index contributed by atoms with van der Waals surface area (Å²) in [6.07, 6.45) is 1.10. The Morgan fingerprint density at radius 2 is 2.29 bits per heavy atom. The van der Waals surface area contributed by atoms with Crippen LogP contribution in [0.15, 0.2) is 24.3 Å². The Labute approximate surface area is 102 Å². The van der Waals surface area contributed by atoms with Crippen molar-refractivity contribution < 1.29 is 9.53 Å². The van der Waals surface area contributed by atoms with Gasteiger partial charge in [-0.1, -0.05) is 19.1 Å². The lowest BCUT2D eigenvalue weighted by molar-refractivity contribution is -0.119. The Morgan fingerprint density at radius 1 is 1.53 bits per heavy atom. The number of rotatable bonds is 7. The Bertz CT molecular complexity index is 366. The van der Waals surface area contributed by atoms with Gasteiger partial charge < -0.3 is 15.8 Å². The highest BCUT2D eigenvalue weighted by Gasteiger charge is 2.05. The minimum absolute atomic E-state index is 0.0831. The molecule has 0 spiro atoms. The molecule has 0 bridgehead atoms. The van der Waals surface area contributed by atoms with Crippen LogP contribution in [-0.2, 0) is 4.79 Å². The molecule has 0 aliphatic heterocycles. The van der Waals surface area contributed by atoms with E-state index in [1.54, 1.807) is 0 Å². The molecule has 1 rings (SSSR count). The molecule has 0 aliphatic carbocycles. The van der Waals surface area contributed by atoms with Crippen molar-refractivity contribution in [3.63, 3.8) is 0 Å². The Kier molecular flexibility index (Phi) is 5.49. The third kappa shape index (κ3) is 4.87. The van der Waals surface area contributed by atoms with Crippen molar-refractivity contribution in [3.05, 3.63) is 29.8 Å². The normalized spacial score (nSPS) is 12.1. The summed E-state index contributed by atoms with van der Waals surface area (Å²) in [5.41, 5.74) is 6.17. The van der Waals surface area contributed by atoms with Gasteiger partial charge in [-0.15, -0.1) is 0 Å². The number of amides is 1. The number of carbonyl (C=O) groups is 1. The molecule has 1 unspecified atom stereocenters. The highest BCUT2D eigenvalue weighted by atomic mass is 16.5. The van der Waals surface area contributed by atoms with E-state index in [0.29, 0.717) is 5.75 Å². The topological polar surface area (TPSA) is 64.3 Å². The summed E-state index contributed by atoms with van der Waals surface area (Å²) in [6.45, 7) is 5.13. The van der Waals surface area contributed by atoms with Crippen molar-refractivity contribution in [1.82, 2.24) is 5.32 Å². The number of nitrogens with one attached hydrogen (secondary N) is 1. The van der Waals surface area contributed by atoms with Gasteiger partial charge in [-0.25, -0.2) is 0 Å². The van der Waals surface area contributed by atoms with E-state index in [1.165, 1.54) is 0 Å². The van der Waals surface area contributed by atoms with E-state index < -0.39 is 5.91 Å². The number of hydrogen-bond donors (Lipinski definition) is 2. The summed E-state index contributed by atoms with van der Waals surface area (Å²) >= 11 is 0. The number of ether oxygens (including phenoxy) is 1. The molecule has 1 aromatic carbocycles. The SMILES string of the molecule is CCCNC(C)c1cccc(OCC(N)=O)c1. The number of benzene rings is 1. The van der Waals surface area contributed by atoms with E-state index in [0.717, 1.165) is 18.5 Å². The lowest BCUT2D eigenvalue weighted by Gasteiger charge is -2.14. The predicted octanol–water partition coefficient (Wildman–Crippen LogP) is 1.61. The van der Waals surface area contributed by atoms with Gasteiger partial charge >= 0.3 is 0 Å². The molecular weight excluding hydrogens is 216 g/mol. The first-order valence-electron chi connectivity index (χ1n) is 5.88. The predicted molar refractivity (Wildman–Crippen MR) is 67.8 cm³/mol. The van der Waals surface area contributed by atoms with Crippen molar-refractivity contribution >= 4 is 5.91 Å². The molecule has 4 heteroatoms. The maximum Gasteiger partial charge on any atom is 0.255 e. The summed E-state index contributed by atoms with van der Waals surface area (Å²) in [4.78, 5) is 10.6. The smallest absolute Gasteiger partial charge is 0.255 e. The van der Waals surface area contributed by atoms with E-state index in [-0.39, 0.29) is 12.6 Å². The van der Waals surface area contributed by atoms with Gasteiger partial charge in [0.15, 0.2) is 6.61 Å². The average molecular weight is 236 g/mol. The van der Waals surface area contributed by atoms with Crippen LogP contribution >= 0.6 is 0 Å². The molecule has 4 nitrogen and oxygen atoms in total.